The van der Waals surface area contributed by atoms with Gasteiger partial charge in [-0.25, -0.2) is 0 Å². The van der Waals surface area contributed by atoms with Crippen LogP contribution in [0.15, 0.2) is 27.8 Å². The van der Waals surface area contributed by atoms with Gasteiger partial charge in [0.1, 0.15) is 5.52 Å². The molecule has 0 atom stereocenters. The number of benzene rings is 1. The molecule has 0 aliphatic carbocycles. The first-order chi connectivity index (χ1) is 7.80. The van der Waals surface area contributed by atoms with Gasteiger partial charge in [-0.2, -0.15) is 13.2 Å². The van der Waals surface area contributed by atoms with Crippen molar-refractivity contribution in [1.82, 2.24) is 9.71 Å². The van der Waals surface area contributed by atoms with Gasteiger partial charge in [-0.3, -0.25) is 9.59 Å². The molecular weight excluding hydrogens is 241 g/mol. The molecule has 17 heavy (non-hydrogen) atoms. The van der Waals surface area contributed by atoms with Crippen LogP contribution in [0.3, 0.4) is 0 Å². The summed E-state index contributed by atoms with van der Waals surface area (Å²) in [5.41, 5.74) is -3.91. The molecular formula is C9H5F3N2O3. The number of aromatic nitrogens is 2. The Labute approximate surface area is 90.7 Å². The summed E-state index contributed by atoms with van der Waals surface area (Å²) in [5.74, 6) is 0. The zero-order valence-corrected chi connectivity index (χ0v) is 8.08. The van der Waals surface area contributed by atoms with Crippen LogP contribution in [-0.2, 0) is 6.18 Å². The lowest BCUT2D eigenvalue weighted by atomic mass is 10.2. The van der Waals surface area contributed by atoms with Crippen LogP contribution < -0.4 is 11.1 Å². The highest BCUT2D eigenvalue weighted by Gasteiger charge is 2.30. The maximum absolute atomic E-state index is 12.4. The number of H-pyrrole nitrogens is 1. The predicted molar refractivity (Wildman–Crippen MR) is 51.0 cm³/mol. The van der Waals surface area contributed by atoms with Crippen LogP contribution in [0.5, 0.6) is 0 Å². The molecule has 2 aromatic rings. The fraction of sp³-hybridized carbons (Fsp3) is 0.111. The Hall–Kier alpha value is -2.25. The number of nitrogens with one attached hydrogen (secondary N) is 1. The minimum Gasteiger partial charge on any atom is -0.425 e. The normalized spacial score (nSPS) is 11.9. The Morgan fingerprint density at radius 3 is 2.47 bits per heavy atom. The SMILES string of the molecule is O=c1[nH]c2cc(C(F)(F)F)ccc2n(O)c1=O. The van der Waals surface area contributed by atoms with Gasteiger partial charge in [0.05, 0.1) is 11.1 Å². The fourth-order valence-corrected chi connectivity index (χ4v) is 1.38. The first-order valence-electron chi connectivity index (χ1n) is 4.36. The number of halogens is 3. The lowest BCUT2D eigenvalue weighted by Crippen LogP contribution is -2.35. The Bertz CT molecular complexity index is 699. The largest absolute Gasteiger partial charge is 0.425 e. The van der Waals surface area contributed by atoms with Gasteiger partial charge in [-0.1, -0.05) is 0 Å². The van der Waals surface area contributed by atoms with E-state index in [0.29, 0.717) is 12.1 Å². The van der Waals surface area contributed by atoms with Gasteiger partial charge in [0.2, 0.25) is 0 Å². The summed E-state index contributed by atoms with van der Waals surface area (Å²) >= 11 is 0. The summed E-state index contributed by atoms with van der Waals surface area (Å²) in [6, 6.07) is 2.24. The quantitative estimate of drug-likeness (QED) is 0.536. The lowest BCUT2D eigenvalue weighted by molar-refractivity contribution is -0.137. The molecule has 0 saturated carbocycles. The van der Waals surface area contributed by atoms with Crippen molar-refractivity contribution in [3.63, 3.8) is 0 Å². The molecule has 0 saturated heterocycles. The van der Waals surface area contributed by atoms with Gasteiger partial charge >= 0.3 is 17.3 Å². The summed E-state index contributed by atoms with van der Waals surface area (Å²) in [5, 5.41) is 9.24. The number of fused-ring (bicyclic) bond motifs is 1. The Morgan fingerprint density at radius 2 is 1.88 bits per heavy atom. The molecule has 8 heteroatoms. The van der Waals surface area contributed by atoms with Crippen molar-refractivity contribution in [2.75, 3.05) is 0 Å². The average molecular weight is 246 g/mol. The summed E-state index contributed by atoms with van der Waals surface area (Å²) in [6.45, 7) is 0. The van der Waals surface area contributed by atoms with Crippen LogP contribution in [0.25, 0.3) is 11.0 Å². The van der Waals surface area contributed by atoms with E-state index in [1.54, 1.807) is 0 Å². The van der Waals surface area contributed by atoms with Crippen LogP contribution in [0.2, 0.25) is 0 Å². The van der Waals surface area contributed by atoms with Crippen LogP contribution in [0.4, 0.5) is 13.2 Å². The summed E-state index contributed by atoms with van der Waals surface area (Å²) in [6.07, 6.45) is -4.57. The minimum atomic E-state index is -4.57. The second kappa shape index (κ2) is 3.37. The van der Waals surface area contributed by atoms with Crippen LogP contribution in [0, 0.1) is 0 Å². The van der Waals surface area contributed by atoms with Crippen molar-refractivity contribution in [3.8, 4) is 0 Å². The van der Waals surface area contributed by atoms with E-state index in [4.69, 9.17) is 0 Å². The first kappa shape index (κ1) is 11.2. The summed E-state index contributed by atoms with van der Waals surface area (Å²) < 4.78 is 37.1. The van der Waals surface area contributed by atoms with Crippen molar-refractivity contribution in [3.05, 3.63) is 44.5 Å². The van der Waals surface area contributed by atoms with Gasteiger partial charge < -0.3 is 10.2 Å². The maximum Gasteiger partial charge on any atom is 0.416 e. The highest BCUT2D eigenvalue weighted by atomic mass is 19.4. The van der Waals surface area contributed by atoms with Crippen LogP contribution in [-0.4, -0.2) is 14.9 Å². The van der Waals surface area contributed by atoms with E-state index in [9.17, 15) is 28.0 Å². The van der Waals surface area contributed by atoms with E-state index >= 15 is 0 Å². The van der Waals surface area contributed by atoms with Gasteiger partial charge in [0, 0.05) is 0 Å². The van der Waals surface area contributed by atoms with Crippen molar-refractivity contribution in [1.29, 1.82) is 0 Å². The van der Waals surface area contributed by atoms with E-state index in [2.05, 4.69) is 0 Å². The monoisotopic (exact) mass is 246 g/mol. The highest BCUT2D eigenvalue weighted by molar-refractivity contribution is 5.75. The Balaban J connectivity index is 2.85. The second-order valence-corrected chi connectivity index (χ2v) is 3.30. The van der Waals surface area contributed by atoms with Gasteiger partial charge in [-0.05, 0) is 18.2 Å². The molecule has 0 spiro atoms. The molecule has 0 amide bonds. The third kappa shape index (κ3) is 1.77. The van der Waals surface area contributed by atoms with Crippen molar-refractivity contribution >= 4 is 11.0 Å². The number of rotatable bonds is 0. The third-order valence-electron chi connectivity index (χ3n) is 2.19. The molecule has 0 bridgehead atoms. The number of nitrogens with zero attached hydrogens (tertiary/aromatic N) is 1. The molecule has 2 N–H and O–H groups in total. The van der Waals surface area contributed by atoms with Crippen LogP contribution in [0.1, 0.15) is 5.56 Å². The fourth-order valence-electron chi connectivity index (χ4n) is 1.38. The van der Waals surface area contributed by atoms with Crippen molar-refractivity contribution in [2.45, 2.75) is 6.18 Å². The Morgan fingerprint density at radius 1 is 1.24 bits per heavy atom. The molecule has 0 fully saturated rings. The van der Waals surface area contributed by atoms with Crippen molar-refractivity contribution < 1.29 is 18.4 Å². The molecule has 5 nitrogen and oxygen atoms in total. The average Bonchev–Trinajstić information content (AvgIpc) is 2.24. The molecule has 1 aromatic carbocycles. The highest BCUT2D eigenvalue weighted by Crippen LogP contribution is 2.30. The number of hydrogen-bond donors (Lipinski definition) is 2. The number of aromatic amines is 1. The van der Waals surface area contributed by atoms with E-state index in [0.717, 1.165) is 6.07 Å². The number of hydrogen-bond acceptors (Lipinski definition) is 3. The zero-order valence-electron chi connectivity index (χ0n) is 8.08. The Kier molecular flexibility index (Phi) is 2.23. The summed E-state index contributed by atoms with van der Waals surface area (Å²) in [4.78, 5) is 24.0. The molecule has 1 aromatic heterocycles. The van der Waals surface area contributed by atoms with E-state index in [-0.39, 0.29) is 15.8 Å². The summed E-state index contributed by atoms with van der Waals surface area (Å²) in [7, 11) is 0. The standard InChI is InChI=1S/C9H5F3N2O3/c10-9(11,12)4-1-2-6-5(3-4)13-7(15)8(16)14(6)17/h1-3,17H,(H,13,15). The molecule has 90 valence electrons. The topological polar surface area (TPSA) is 75.1 Å². The van der Waals surface area contributed by atoms with Gasteiger partial charge in [-0.15, -0.1) is 4.73 Å². The molecule has 0 unspecified atom stereocenters. The number of alkyl halides is 3. The molecule has 0 aliphatic heterocycles. The van der Waals surface area contributed by atoms with Gasteiger partial charge in [0.15, 0.2) is 0 Å². The molecule has 1 heterocycles. The van der Waals surface area contributed by atoms with Crippen LogP contribution >= 0.6 is 0 Å². The zero-order chi connectivity index (χ0) is 12.8. The van der Waals surface area contributed by atoms with Crippen molar-refractivity contribution in [2.24, 2.45) is 0 Å². The lowest BCUT2D eigenvalue weighted by Gasteiger charge is -2.08. The van der Waals surface area contributed by atoms with E-state index in [1.807, 2.05) is 4.98 Å². The minimum absolute atomic E-state index is 0.00825. The second-order valence-electron chi connectivity index (χ2n) is 3.30. The van der Waals surface area contributed by atoms with E-state index in [1.165, 1.54) is 0 Å². The molecule has 0 radical (unpaired) electrons. The first-order valence-corrected chi connectivity index (χ1v) is 4.36. The third-order valence-corrected chi connectivity index (χ3v) is 2.19. The predicted octanol–water partition coefficient (Wildman–Crippen LogP) is 0.946. The van der Waals surface area contributed by atoms with E-state index < -0.39 is 22.9 Å². The maximum atomic E-state index is 12.4. The van der Waals surface area contributed by atoms with Gasteiger partial charge in [0.25, 0.3) is 0 Å². The molecule has 0 aliphatic rings. The molecule has 2 rings (SSSR count). The smallest absolute Gasteiger partial charge is 0.416 e.